The Hall–Kier alpha value is -2.61. The molecular weight excluding hydrogens is 366 g/mol. The highest BCUT2D eigenvalue weighted by Gasteiger charge is 2.47. The van der Waals surface area contributed by atoms with Crippen LogP contribution < -0.4 is 0 Å². The lowest BCUT2D eigenvalue weighted by molar-refractivity contribution is 0.0588. The van der Waals surface area contributed by atoms with E-state index in [9.17, 15) is 8.78 Å². The molecule has 28 heavy (non-hydrogen) atoms. The highest BCUT2D eigenvalue weighted by molar-refractivity contribution is 5.34. The van der Waals surface area contributed by atoms with Crippen molar-refractivity contribution >= 4 is 0 Å². The maximum atomic E-state index is 13.9. The predicted octanol–water partition coefficient (Wildman–Crippen LogP) is 3.65. The molecule has 1 saturated heterocycles. The summed E-state index contributed by atoms with van der Waals surface area (Å²) >= 11 is 0. The SMILES string of the molecule is Fc1cccc(F)c1-n1ccc(Cc2noc([C@@H]3C[C@H]3C3CCOCC3)n2)n1. The second-order valence-corrected chi connectivity index (χ2v) is 7.50. The largest absolute Gasteiger partial charge is 0.381 e. The van der Waals surface area contributed by atoms with E-state index < -0.39 is 11.6 Å². The molecule has 0 bridgehead atoms. The molecule has 0 amide bonds. The van der Waals surface area contributed by atoms with E-state index in [1.54, 1.807) is 6.07 Å². The second-order valence-electron chi connectivity index (χ2n) is 7.50. The Labute approximate surface area is 160 Å². The Balaban J connectivity index is 1.26. The van der Waals surface area contributed by atoms with Crippen LogP contribution in [0.2, 0.25) is 0 Å². The van der Waals surface area contributed by atoms with Gasteiger partial charge in [0.05, 0.1) is 12.1 Å². The van der Waals surface area contributed by atoms with Crippen LogP contribution in [0.15, 0.2) is 35.0 Å². The van der Waals surface area contributed by atoms with Crippen molar-refractivity contribution < 1.29 is 18.0 Å². The predicted molar refractivity (Wildman–Crippen MR) is 95.0 cm³/mol. The number of nitrogens with zero attached hydrogens (tertiary/aromatic N) is 4. The van der Waals surface area contributed by atoms with Crippen molar-refractivity contribution in [1.29, 1.82) is 0 Å². The number of halogens is 2. The van der Waals surface area contributed by atoms with E-state index in [1.807, 2.05) is 0 Å². The average Bonchev–Trinajstić information content (AvgIpc) is 3.14. The summed E-state index contributed by atoms with van der Waals surface area (Å²) in [5, 5.41) is 8.32. The zero-order valence-electron chi connectivity index (χ0n) is 15.2. The summed E-state index contributed by atoms with van der Waals surface area (Å²) in [5.74, 6) is 1.53. The third kappa shape index (κ3) is 3.32. The molecule has 0 N–H and O–H groups in total. The van der Waals surface area contributed by atoms with Crippen LogP contribution in [0.5, 0.6) is 0 Å². The highest BCUT2D eigenvalue weighted by Crippen LogP contribution is 2.53. The van der Waals surface area contributed by atoms with E-state index in [2.05, 4.69) is 15.2 Å². The van der Waals surface area contributed by atoms with E-state index in [4.69, 9.17) is 9.26 Å². The van der Waals surface area contributed by atoms with Gasteiger partial charge in [0.2, 0.25) is 5.89 Å². The van der Waals surface area contributed by atoms with Crippen LogP contribution in [0.1, 0.15) is 42.6 Å². The molecule has 2 aliphatic rings. The zero-order chi connectivity index (χ0) is 19.1. The van der Waals surface area contributed by atoms with Crippen molar-refractivity contribution in [2.24, 2.45) is 11.8 Å². The van der Waals surface area contributed by atoms with E-state index in [0.29, 0.717) is 41.6 Å². The molecule has 3 aromatic rings. The van der Waals surface area contributed by atoms with Gasteiger partial charge in [0, 0.05) is 25.3 Å². The second kappa shape index (κ2) is 7.09. The van der Waals surface area contributed by atoms with Crippen molar-refractivity contribution in [2.45, 2.75) is 31.6 Å². The van der Waals surface area contributed by atoms with Gasteiger partial charge in [-0.2, -0.15) is 10.1 Å². The van der Waals surface area contributed by atoms with Crippen molar-refractivity contribution in [3.05, 3.63) is 59.5 Å². The van der Waals surface area contributed by atoms with Crippen LogP contribution in [-0.2, 0) is 11.2 Å². The molecule has 2 aromatic heterocycles. The topological polar surface area (TPSA) is 66.0 Å². The summed E-state index contributed by atoms with van der Waals surface area (Å²) in [5.41, 5.74) is 0.423. The molecule has 6 nitrogen and oxygen atoms in total. The van der Waals surface area contributed by atoms with Crippen molar-refractivity contribution in [1.82, 2.24) is 19.9 Å². The Morgan fingerprint density at radius 2 is 1.89 bits per heavy atom. The van der Waals surface area contributed by atoms with Gasteiger partial charge in [-0.3, -0.25) is 0 Å². The minimum absolute atomic E-state index is 0.195. The minimum Gasteiger partial charge on any atom is -0.381 e. The minimum atomic E-state index is -0.663. The lowest BCUT2D eigenvalue weighted by Crippen LogP contribution is -2.17. The Morgan fingerprint density at radius 1 is 1.11 bits per heavy atom. The van der Waals surface area contributed by atoms with Gasteiger partial charge in [-0.15, -0.1) is 0 Å². The maximum absolute atomic E-state index is 13.9. The van der Waals surface area contributed by atoms with Crippen molar-refractivity contribution in [2.75, 3.05) is 13.2 Å². The van der Waals surface area contributed by atoms with Crippen LogP contribution in [0.25, 0.3) is 5.69 Å². The molecule has 2 atom stereocenters. The molecule has 1 saturated carbocycles. The third-order valence-corrected chi connectivity index (χ3v) is 5.66. The van der Waals surface area contributed by atoms with Gasteiger partial charge >= 0.3 is 0 Å². The third-order valence-electron chi connectivity index (χ3n) is 5.66. The number of rotatable bonds is 5. The van der Waals surface area contributed by atoms with Gasteiger partial charge in [-0.05, 0) is 49.3 Å². The average molecular weight is 386 g/mol. The van der Waals surface area contributed by atoms with Crippen molar-refractivity contribution in [3.8, 4) is 5.69 Å². The van der Waals surface area contributed by atoms with E-state index in [-0.39, 0.29) is 5.69 Å². The summed E-state index contributed by atoms with van der Waals surface area (Å²) in [4.78, 5) is 4.52. The molecule has 1 aromatic carbocycles. The van der Waals surface area contributed by atoms with Crippen LogP contribution in [0.4, 0.5) is 8.78 Å². The fourth-order valence-corrected chi connectivity index (χ4v) is 4.10. The molecule has 3 heterocycles. The Kier molecular flexibility index (Phi) is 4.43. The van der Waals surface area contributed by atoms with Gasteiger partial charge in [0.15, 0.2) is 17.5 Å². The molecular formula is C20H20F2N4O2. The van der Waals surface area contributed by atoms with E-state index in [1.165, 1.54) is 29.1 Å². The number of hydrogen-bond donors (Lipinski definition) is 0. The highest BCUT2D eigenvalue weighted by atomic mass is 19.1. The molecule has 1 aliphatic carbocycles. The fourth-order valence-electron chi connectivity index (χ4n) is 4.10. The standard InChI is InChI=1S/C20H20F2N4O2/c21-16-2-1-3-17(22)19(16)26-7-4-13(24-26)10-18-23-20(28-25-18)15-11-14(15)12-5-8-27-9-6-12/h1-4,7,12,14-15H,5-6,8-11H2/t14-,15+/m0/s1. The van der Waals surface area contributed by atoms with Crippen LogP contribution in [0.3, 0.4) is 0 Å². The summed E-state index contributed by atoms with van der Waals surface area (Å²) in [6.07, 6.45) is 5.17. The number of ether oxygens (including phenoxy) is 1. The quantitative estimate of drug-likeness (QED) is 0.670. The lowest BCUT2D eigenvalue weighted by Gasteiger charge is -2.21. The van der Waals surface area contributed by atoms with Gasteiger partial charge in [0.25, 0.3) is 0 Å². The molecule has 5 rings (SSSR count). The summed E-state index contributed by atoms with van der Waals surface area (Å²) in [7, 11) is 0. The van der Waals surface area contributed by atoms with Gasteiger partial charge in [-0.25, -0.2) is 13.5 Å². The molecule has 1 aliphatic heterocycles. The number of hydrogen-bond acceptors (Lipinski definition) is 5. The first-order chi connectivity index (χ1) is 13.7. The smallest absolute Gasteiger partial charge is 0.230 e. The fraction of sp³-hybridized carbons (Fsp3) is 0.450. The first-order valence-electron chi connectivity index (χ1n) is 9.58. The molecule has 0 radical (unpaired) electrons. The lowest BCUT2D eigenvalue weighted by atomic mass is 9.93. The molecule has 0 spiro atoms. The monoisotopic (exact) mass is 386 g/mol. The molecule has 0 unspecified atom stereocenters. The first-order valence-corrected chi connectivity index (χ1v) is 9.58. The summed E-state index contributed by atoms with van der Waals surface area (Å²) in [6, 6.07) is 5.43. The van der Waals surface area contributed by atoms with E-state index in [0.717, 1.165) is 32.5 Å². The first kappa shape index (κ1) is 17.5. The zero-order valence-corrected chi connectivity index (χ0v) is 15.2. The van der Waals surface area contributed by atoms with Gasteiger partial charge < -0.3 is 9.26 Å². The van der Waals surface area contributed by atoms with Crippen LogP contribution in [-0.4, -0.2) is 33.1 Å². The maximum Gasteiger partial charge on any atom is 0.230 e. The van der Waals surface area contributed by atoms with Crippen molar-refractivity contribution in [3.63, 3.8) is 0 Å². The van der Waals surface area contributed by atoms with Crippen LogP contribution in [0, 0.1) is 23.5 Å². The van der Waals surface area contributed by atoms with Crippen LogP contribution >= 0.6 is 0 Å². The van der Waals surface area contributed by atoms with Gasteiger partial charge in [0.1, 0.15) is 5.69 Å². The van der Waals surface area contributed by atoms with E-state index >= 15 is 0 Å². The molecule has 146 valence electrons. The van der Waals surface area contributed by atoms with Gasteiger partial charge in [-0.1, -0.05) is 11.2 Å². The number of benzene rings is 1. The number of aromatic nitrogens is 4. The molecule has 2 fully saturated rings. The normalized spacial score (nSPS) is 22.5. The summed E-state index contributed by atoms with van der Waals surface area (Å²) in [6.45, 7) is 1.68. The Bertz CT molecular complexity index is 960. The summed E-state index contributed by atoms with van der Waals surface area (Å²) < 4.78 is 39.9. The number of para-hydroxylation sites is 1. The Morgan fingerprint density at radius 3 is 2.68 bits per heavy atom. The molecule has 8 heteroatoms.